The average molecular weight is 379 g/mol. The lowest BCUT2D eigenvalue weighted by molar-refractivity contribution is -0.139. The number of alkyl halides is 3. The first-order chi connectivity index (χ1) is 11.9. The Morgan fingerprint density at radius 1 is 1.08 bits per heavy atom. The van der Waals surface area contributed by atoms with E-state index in [0.717, 1.165) is 44.2 Å². The van der Waals surface area contributed by atoms with E-state index in [2.05, 4.69) is 5.32 Å². The van der Waals surface area contributed by atoms with Crippen molar-refractivity contribution in [3.63, 3.8) is 0 Å². The first-order valence-corrected chi connectivity index (χ1v) is 9.27. The Labute approximate surface area is 150 Å². The molecule has 1 heterocycles. The molecule has 1 aromatic carbocycles. The quantitative estimate of drug-likeness (QED) is 0.742. The van der Waals surface area contributed by atoms with Gasteiger partial charge in [-0.2, -0.15) is 13.2 Å². The van der Waals surface area contributed by atoms with E-state index in [-0.39, 0.29) is 16.5 Å². The van der Waals surface area contributed by atoms with Gasteiger partial charge in [-0.3, -0.25) is 4.90 Å². The molecule has 1 aromatic rings. The molecule has 0 bridgehead atoms. The Hall–Kier alpha value is -0.850. The number of piperazine rings is 1. The number of hydrogen-bond donors (Lipinski definition) is 1. The van der Waals surface area contributed by atoms with Crippen LogP contribution in [0, 0.1) is 11.7 Å². The van der Waals surface area contributed by atoms with Crippen LogP contribution < -0.4 is 5.32 Å². The number of halogens is 5. The van der Waals surface area contributed by atoms with Gasteiger partial charge in [-0.1, -0.05) is 30.9 Å². The summed E-state index contributed by atoms with van der Waals surface area (Å²) in [6.07, 6.45) is 0.125. The lowest BCUT2D eigenvalue weighted by Crippen LogP contribution is -2.47. The third kappa shape index (κ3) is 4.12. The maximum absolute atomic E-state index is 14.9. The summed E-state index contributed by atoms with van der Waals surface area (Å²) in [7, 11) is 0. The monoisotopic (exact) mass is 378 g/mol. The van der Waals surface area contributed by atoms with E-state index in [9.17, 15) is 17.6 Å². The minimum atomic E-state index is -4.60. The van der Waals surface area contributed by atoms with Gasteiger partial charge in [-0.25, -0.2) is 4.39 Å². The van der Waals surface area contributed by atoms with Gasteiger partial charge in [0.15, 0.2) is 0 Å². The summed E-state index contributed by atoms with van der Waals surface area (Å²) in [5.41, 5.74) is -1.14. The number of nitrogens with zero attached hydrogens (tertiary/aromatic N) is 1. The second kappa shape index (κ2) is 7.80. The van der Waals surface area contributed by atoms with Crippen molar-refractivity contribution in [3.05, 3.63) is 34.1 Å². The van der Waals surface area contributed by atoms with Crippen molar-refractivity contribution in [2.24, 2.45) is 5.92 Å². The fourth-order valence-electron chi connectivity index (χ4n) is 4.23. The van der Waals surface area contributed by atoms with Crippen LogP contribution in [0.15, 0.2) is 12.1 Å². The van der Waals surface area contributed by atoms with Crippen LogP contribution in [0.3, 0.4) is 0 Å². The van der Waals surface area contributed by atoms with Gasteiger partial charge in [-0.15, -0.1) is 0 Å². The Kier molecular flexibility index (Phi) is 5.91. The van der Waals surface area contributed by atoms with Crippen LogP contribution in [0.25, 0.3) is 0 Å². The summed E-state index contributed by atoms with van der Waals surface area (Å²) >= 11 is 5.88. The van der Waals surface area contributed by atoms with Crippen LogP contribution in [0.5, 0.6) is 0 Å². The van der Waals surface area contributed by atoms with E-state index in [4.69, 9.17) is 11.6 Å². The molecule has 2 fully saturated rings. The smallest absolute Gasteiger partial charge is 0.314 e. The first-order valence-electron chi connectivity index (χ1n) is 8.89. The van der Waals surface area contributed by atoms with Crippen LogP contribution in [-0.2, 0) is 6.18 Å². The lowest BCUT2D eigenvalue weighted by Gasteiger charge is -2.42. The van der Waals surface area contributed by atoms with Crippen molar-refractivity contribution in [1.82, 2.24) is 10.2 Å². The van der Waals surface area contributed by atoms with Crippen LogP contribution in [0.4, 0.5) is 17.6 Å². The van der Waals surface area contributed by atoms with Crippen molar-refractivity contribution in [2.45, 2.75) is 44.3 Å². The predicted octanol–water partition coefficient (Wildman–Crippen LogP) is 5.02. The molecular weight excluding hydrogens is 356 g/mol. The minimum Gasteiger partial charge on any atom is -0.314 e. The molecule has 0 unspecified atom stereocenters. The molecule has 1 saturated heterocycles. The molecule has 1 atom stereocenters. The number of hydrogen-bond acceptors (Lipinski definition) is 2. The summed E-state index contributed by atoms with van der Waals surface area (Å²) in [6.45, 7) is 2.63. The van der Waals surface area contributed by atoms with Crippen molar-refractivity contribution in [3.8, 4) is 0 Å². The second-order valence-electron chi connectivity index (χ2n) is 6.95. The fraction of sp³-hybridized carbons (Fsp3) is 0.667. The largest absolute Gasteiger partial charge is 0.416 e. The molecule has 1 aliphatic carbocycles. The highest BCUT2D eigenvalue weighted by atomic mass is 35.5. The molecule has 2 aliphatic rings. The van der Waals surface area contributed by atoms with Gasteiger partial charge >= 0.3 is 6.18 Å². The SMILES string of the molecule is Fc1c(Cl)ccc(C(F)(F)F)c1[C@@H](C1CCCCC1)N1CCNCC1. The van der Waals surface area contributed by atoms with Gasteiger partial charge in [0.05, 0.1) is 10.6 Å². The third-order valence-corrected chi connectivity index (χ3v) is 5.67. The van der Waals surface area contributed by atoms with E-state index in [1.807, 2.05) is 4.90 Å². The van der Waals surface area contributed by atoms with Crippen LogP contribution in [0.2, 0.25) is 5.02 Å². The average Bonchev–Trinajstić information content (AvgIpc) is 2.60. The molecule has 1 N–H and O–H groups in total. The molecule has 0 spiro atoms. The van der Waals surface area contributed by atoms with Gasteiger partial charge in [0.25, 0.3) is 0 Å². The maximum atomic E-state index is 14.9. The van der Waals surface area contributed by atoms with Gasteiger partial charge in [0.2, 0.25) is 0 Å². The molecule has 7 heteroatoms. The summed E-state index contributed by atoms with van der Waals surface area (Å²) in [5.74, 6) is -0.883. The highest BCUT2D eigenvalue weighted by Gasteiger charge is 2.42. The van der Waals surface area contributed by atoms with Crippen molar-refractivity contribution in [2.75, 3.05) is 26.2 Å². The highest BCUT2D eigenvalue weighted by Crippen LogP contribution is 2.45. The Morgan fingerprint density at radius 3 is 2.32 bits per heavy atom. The van der Waals surface area contributed by atoms with Crippen molar-refractivity contribution >= 4 is 11.6 Å². The molecule has 1 saturated carbocycles. The predicted molar refractivity (Wildman–Crippen MR) is 90.2 cm³/mol. The minimum absolute atomic E-state index is 0.0286. The number of rotatable bonds is 3. The molecule has 25 heavy (non-hydrogen) atoms. The van der Waals surface area contributed by atoms with Crippen LogP contribution in [0.1, 0.15) is 49.3 Å². The van der Waals surface area contributed by atoms with Crippen LogP contribution >= 0.6 is 11.6 Å². The van der Waals surface area contributed by atoms with Gasteiger partial charge in [-0.05, 0) is 30.9 Å². The molecule has 0 radical (unpaired) electrons. The summed E-state index contributed by atoms with van der Waals surface area (Å²) in [4.78, 5) is 2.01. The number of benzene rings is 1. The highest BCUT2D eigenvalue weighted by molar-refractivity contribution is 6.30. The normalized spacial score (nSPS) is 22.1. The van der Waals surface area contributed by atoms with Crippen molar-refractivity contribution in [1.29, 1.82) is 0 Å². The zero-order chi connectivity index (χ0) is 18.0. The summed E-state index contributed by atoms with van der Waals surface area (Å²) in [5, 5.41) is 2.97. The maximum Gasteiger partial charge on any atom is 0.416 e. The molecule has 0 aromatic heterocycles. The van der Waals surface area contributed by atoms with Gasteiger partial charge in [0.1, 0.15) is 5.82 Å². The van der Waals surface area contributed by atoms with Crippen LogP contribution in [-0.4, -0.2) is 31.1 Å². The van der Waals surface area contributed by atoms with E-state index < -0.39 is 23.6 Å². The lowest BCUT2D eigenvalue weighted by atomic mass is 9.78. The van der Waals surface area contributed by atoms with Crippen molar-refractivity contribution < 1.29 is 17.6 Å². The summed E-state index contributed by atoms with van der Waals surface area (Å²) < 4.78 is 55.7. The van der Waals surface area contributed by atoms with Gasteiger partial charge in [0, 0.05) is 37.8 Å². The molecule has 140 valence electrons. The first kappa shape index (κ1) is 18.9. The fourth-order valence-corrected chi connectivity index (χ4v) is 4.39. The number of nitrogens with one attached hydrogen (secondary N) is 1. The second-order valence-corrected chi connectivity index (χ2v) is 7.36. The topological polar surface area (TPSA) is 15.3 Å². The van der Waals surface area contributed by atoms with E-state index in [1.54, 1.807) is 0 Å². The Balaban J connectivity index is 2.09. The molecule has 2 nitrogen and oxygen atoms in total. The zero-order valence-corrected chi connectivity index (χ0v) is 14.8. The standard InChI is InChI=1S/C18H23ClF4N2/c19-14-7-6-13(18(21,22)23)15(16(14)20)17(12-4-2-1-3-5-12)25-10-8-24-9-11-25/h6-7,12,17,24H,1-5,8-11H2/t17-/m1/s1. The Morgan fingerprint density at radius 2 is 1.72 bits per heavy atom. The summed E-state index contributed by atoms with van der Waals surface area (Å²) in [6, 6.07) is 1.37. The van der Waals surface area contributed by atoms with Gasteiger partial charge < -0.3 is 5.32 Å². The molecule has 0 amide bonds. The van der Waals surface area contributed by atoms with E-state index in [0.29, 0.717) is 26.2 Å². The molecule has 3 rings (SSSR count). The van der Waals surface area contributed by atoms with E-state index in [1.165, 1.54) is 0 Å². The third-order valence-electron chi connectivity index (χ3n) is 5.38. The zero-order valence-electron chi connectivity index (χ0n) is 14.0. The van der Waals surface area contributed by atoms with E-state index >= 15 is 0 Å². The molecular formula is C18H23ClF4N2. The molecule has 1 aliphatic heterocycles. The Bertz CT molecular complexity index is 575.